The lowest BCUT2D eigenvalue weighted by Crippen LogP contribution is -2.38. The van der Waals surface area contributed by atoms with Crippen LogP contribution in [-0.4, -0.2) is 24.3 Å². The molecule has 1 aliphatic rings. The summed E-state index contributed by atoms with van der Waals surface area (Å²) in [4.78, 5) is 0. The molecule has 0 bridgehead atoms. The molecule has 2 nitrogen and oxygen atoms in total. The van der Waals surface area contributed by atoms with Crippen LogP contribution in [0.5, 0.6) is 0 Å². The first-order valence-electron chi connectivity index (χ1n) is 2.95. The van der Waals surface area contributed by atoms with Crippen LogP contribution in [-0.2, 0) is 0 Å². The fourth-order valence-electron chi connectivity index (χ4n) is 0.962. The van der Waals surface area contributed by atoms with E-state index in [1.807, 2.05) is 0 Å². The molecule has 9 heavy (non-hydrogen) atoms. The van der Waals surface area contributed by atoms with E-state index in [2.05, 4.69) is 0 Å². The van der Waals surface area contributed by atoms with E-state index < -0.39 is 0 Å². The smallest absolute Gasteiger partial charge is 0.0442 e. The number of nitrogens with two attached hydrogens (primary N) is 1. The third-order valence-electron chi connectivity index (χ3n) is 1.41. The number of halogens is 2. The highest BCUT2D eigenvalue weighted by Crippen LogP contribution is 2.06. The van der Waals surface area contributed by atoms with Gasteiger partial charge in [-0.2, -0.15) is 0 Å². The van der Waals surface area contributed by atoms with Crippen molar-refractivity contribution in [2.24, 2.45) is 5.73 Å². The second-order valence-corrected chi connectivity index (χ2v) is 2.27. The lowest BCUT2D eigenvalue weighted by molar-refractivity contribution is -0.000960. The monoisotopic (exact) mass is 154 g/mol. The maximum atomic E-state index is 12.2. The highest BCUT2D eigenvalue weighted by atomic mass is 35.5. The molecule has 1 rings (SSSR count). The van der Waals surface area contributed by atoms with Gasteiger partial charge in [-0.3, -0.25) is 0 Å². The lowest BCUT2D eigenvalue weighted by Gasteiger charge is -2.22. The van der Waals surface area contributed by atoms with Crippen molar-refractivity contribution < 1.29 is 4.48 Å². The Morgan fingerprint density at radius 2 is 2.22 bits per heavy atom. The van der Waals surface area contributed by atoms with Gasteiger partial charge in [-0.25, -0.2) is 0 Å². The van der Waals surface area contributed by atoms with E-state index in [1.54, 1.807) is 0 Å². The first kappa shape index (κ1) is 9.14. The molecule has 0 amide bonds. The molecule has 1 heterocycles. The summed E-state index contributed by atoms with van der Waals surface area (Å²) in [7, 11) is 0. The van der Waals surface area contributed by atoms with Crippen LogP contribution in [0.1, 0.15) is 12.8 Å². The quantitative estimate of drug-likeness (QED) is 0.521. The molecular weight excluding hydrogens is 143 g/mol. The summed E-state index contributed by atoms with van der Waals surface area (Å²) in [5, 5.41) is 0.786. The van der Waals surface area contributed by atoms with Gasteiger partial charge in [0.2, 0.25) is 0 Å². The summed E-state index contributed by atoms with van der Waals surface area (Å²) in [6.45, 7) is 0.980. The van der Waals surface area contributed by atoms with Crippen LogP contribution in [0.4, 0.5) is 4.48 Å². The Morgan fingerprint density at radius 3 is 2.56 bits per heavy atom. The van der Waals surface area contributed by atoms with E-state index >= 15 is 0 Å². The van der Waals surface area contributed by atoms with Crippen molar-refractivity contribution in [2.75, 3.05) is 13.1 Å². The Labute approximate surface area is 60.5 Å². The average molecular weight is 155 g/mol. The van der Waals surface area contributed by atoms with E-state index in [0.717, 1.165) is 18.0 Å². The van der Waals surface area contributed by atoms with Crippen molar-refractivity contribution in [3.8, 4) is 0 Å². The van der Waals surface area contributed by atoms with Crippen molar-refractivity contribution >= 4 is 12.4 Å². The minimum Gasteiger partial charge on any atom is -0.326 e. The van der Waals surface area contributed by atoms with E-state index in [1.165, 1.54) is 0 Å². The van der Waals surface area contributed by atoms with Crippen LogP contribution >= 0.6 is 12.4 Å². The molecule has 1 saturated heterocycles. The first-order chi connectivity index (χ1) is 3.79. The zero-order valence-electron chi connectivity index (χ0n) is 5.22. The summed E-state index contributed by atoms with van der Waals surface area (Å²) in [5.41, 5.74) is 5.44. The maximum Gasteiger partial charge on any atom is 0.0442 e. The van der Waals surface area contributed by atoms with Gasteiger partial charge in [-0.1, -0.05) is 0 Å². The predicted octanol–water partition coefficient (Wildman–Crippen LogP) is 0.716. The Balaban J connectivity index is 0.000000640. The first-order valence-corrected chi connectivity index (χ1v) is 2.95. The largest absolute Gasteiger partial charge is 0.326 e. The van der Waals surface area contributed by atoms with Gasteiger partial charge in [-0.05, 0) is 12.8 Å². The standard InChI is InChI=1S/C5H11FN2.ClH/c6-8-3-1-2-5(7)4-8;/h5H,1-4,7H2;1H. The molecule has 1 atom stereocenters. The van der Waals surface area contributed by atoms with Crippen LogP contribution in [0.15, 0.2) is 0 Å². The Morgan fingerprint density at radius 1 is 1.56 bits per heavy atom. The second-order valence-electron chi connectivity index (χ2n) is 2.27. The highest BCUT2D eigenvalue weighted by molar-refractivity contribution is 5.85. The minimum atomic E-state index is 0. The molecule has 0 aliphatic carbocycles. The second kappa shape index (κ2) is 4.04. The fraction of sp³-hybridized carbons (Fsp3) is 1.00. The molecule has 0 aromatic rings. The zero-order valence-corrected chi connectivity index (χ0v) is 6.03. The predicted molar refractivity (Wildman–Crippen MR) is 37.1 cm³/mol. The number of hydrogen-bond acceptors (Lipinski definition) is 2. The van der Waals surface area contributed by atoms with E-state index in [4.69, 9.17) is 5.73 Å². The van der Waals surface area contributed by atoms with E-state index in [-0.39, 0.29) is 18.4 Å². The van der Waals surface area contributed by atoms with Crippen molar-refractivity contribution in [2.45, 2.75) is 18.9 Å². The van der Waals surface area contributed by atoms with Crippen LogP contribution in [0.2, 0.25) is 0 Å². The third-order valence-corrected chi connectivity index (χ3v) is 1.41. The van der Waals surface area contributed by atoms with Gasteiger partial charge < -0.3 is 5.73 Å². The fourth-order valence-corrected chi connectivity index (χ4v) is 0.962. The molecule has 0 aromatic heterocycles. The van der Waals surface area contributed by atoms with Gasteiger partial charge in [0.15, 0.2) is 0 Å². The van der Waals surface area contributed by atoms with E-state index in [0.29, 0.717) is 13.1 Å². The number of hydrogen-bond donors (Lipinski definition) is 1. The third kappa shape index (κ3) is 2.98. The number of nitrogens with zero attached hydrogens (tertiary/aromatic N) is 1. The van der Waals surface area contributed by atoms with Gasteiger partial charge in [0.05, 0.1) is 0 Å². The zero-order chi connectivity index (χ0) is 5.98. The van der Waals surface area contributed by atoms with Gasteiger partial charge in [0.1, 0.15) is 0 Å². The summed E-state index contributed by atoms with van der Waals surface area (Å²) in [6, 6.07) is 0.0637. The Hall–Kier alpha value is 0.140. The molecule has 56 valence electrons. The number of rotatable bonds is 0. The summed E-state index contributed by atoms with van der Waals surface area (Å²) in [5.74, 6) is 0. The molecular formula is C5H12ClFN2. The summed E-state index contributed by atoms with van der Waals surface area (Å²) < 4.78 is 12.2. The molecule has 1 unspecified atom stereocenters. The van der Waals surface area contributed by atoms with Crippen LogP contribution in [0.25, 0.3) is 0 Å². The maximum absolute atomic E-state index is 12.2. The normalized spacial score (nSPS) is 29.3. The molecule has 1 fully saturated rings. The average Bonchev–Trinajstić information content (AvgIpc) is 1.64. The summed E-state index contributed by atoms with van der Waals surface area (Å²) >= 11 is 0. The van der Waals surface area contributed by atoms with Gasteiger partial charge >= 0.3 is 0 Å². The van der Waals surface area contributed by atoms with Crippen LogP contribution < -0.4 is 5.73 Å². The molecule has 0 radical (unpaired) electrons. The van der Waals surface area contributed by atoms with Gasteiger partial charge in [0.25, 0.3) is 0 Å². The number of piperidine rings is 1. The highest BCUT2D eigenvalue weighted by Gasteiger charge is 2.14. The molecule has 0 saturated carbocycles. The molecule has 1 aliphatic heterocycles. The van der Waals surface area contributed by atoms with E-state index in [9.17, 15) is 4.48 Å². The van der Waals surface area contributed by atoms with Crippen molar-refractivity contribution in [1.29, 1.82) is 0 Å². The van der Waals surface area contributed by atoms with Gasteiger partial charge in [0, 0.05) is 19.1 Å². The van der Waals surface area contributed by atoms with Crippen molar-refractivity contribution in [1.82, 2.24) is 5.12 Å². The molecule has 4 heteroatoms. The molecule has 0 spiro atoms. The Kier molecular flexibility index (Phi) is 4.10. The van der Waals surface area contributed by atoms with Crippen molar-refractivity contribution in [3.05, 3.63) is 0 Å². The summed E-state index contributed by atoms with van der Waals surface area (Å²) in [6.07, 6.45) is 1.87. The van der Waals surface area contributed by atoms with Crippen LogP contribution in [0.3, 0.4) is 0 Å². The van der Waals surface area contributed by atoms with Crippen molar-refractivity contribution in [3.63, 3.8) is 0 Å². The van der Waals surface area contributed by atoms with Crippen LogP contribution in [0, 0.1) is 0 Å². The molecule has 2 N–H and O–H groups in total. The topological polar surface area (TPSA) is 29.3 Å². The lowest BCUT2D eigenvalue weighted by atomic mass is 10.1. The SMILES string of the molecule is Cl.NC1CCCN(F)C1. The van der Waals surface area contributed by atoms with Gasteiger partial charge in [-0.15, -0.1) is 22.0 Å². The minimum absolute atomic E-state index is 0. The Bertz CT molecular complexity index is 73.4. The molecule has 0 aromatic carbocycles.